The van der Waals surface area contributed by atoms with E-state index in [1.165, 1.54) is 0 Å². The molecule has 0 bridgehead atoms. The number of allylic oxidation sites excluding steroid dienone is 1. The maximum atomic E-state index is 10.5. The highest BCUT2D eigenvalue weighted by Crippen LogP contribution is 2.19. The summed E-state index contributed by atoms with van der Waals surface area (Å²) < 4.78 is 1.91. The van der Waals surface area contributed by atoms with E-state index >= 15 is 0 Å². The molecule has 2 aromatic rings. The Kier molecular flexibility index (Phi) is 6.38. The minimum absolute atomic E-state index is 0.165. The van der Waals surface area contributed by atoms with Crippen LogP contribution in [0.5, 0.6) is 0 Å². The molecule has 0 unspecified atom stereocenters. The summed E-state index contributed by atoms with van der Waals surface area (Å²) in [5.41, 5.74) is 5.81. The molecule has 0 aliphatic heterocycles. The quantitative estimate of drug-likeness (QED) is 0.549. The lowest BCUT2D eigenvalue weighted by Crippen LogP contribution is -2.16. The Bertz CT molecular complexity index is 636. The van der Waals surface area contributed by atoms with Gasteiger partial charge >= 0.3 is 5.97 Å². The van der Waals surface area contributed by atoms with Crippen LogP contribution in [0.4, 0.5) is 0 Å². The SMILES string of the molecule is CC(=C(NOCCCCC(=O)O)c1ccccc1)n1ccnc1. The van der Waals surface area contributed by atoms with Crippen molar-refractivity contribution in [1.29, 1.82) is 0 Å². The van der Waals surface area contributed by atoms with Crippen LogP contribution in [-0.2, 0) is 9.63 Å². The number of hydroxylamine groups is 1. The van der Waals surface area contributed by atoms with Crippen molar-refractivity contribution >= 4 is 17.4 Å². The zero-order valence-electron chi connectivity index (χ0n) is 13.1. The van der Waals surface area contributed by atoms with E-state index in [0.717, 1.165) is 17.0 Å². The highest BCUT2D eigenvalue weighted by atomic mass is 16.6. The third kappa shape index (κ3) is 5.27. The number of imidazole rings is 1. The van der Waals surface area contributed by atoms with Gasteiger partial charge in [0.15, 0.2) is 0 Å². The zero-order valence-corrected chi connectivity index (χ0v) is 13.1. The van der Waals surface area contributed by atoms with E-state index in [1.807, 2.05) is 48.0 Å². The number of carboxylic acids is 1. The zero-order chi connectivity index (χ0) is 16.5. The number of hydrogen-bond acceptors (Lipinski definition) is 4. The average molecular weight is 315 g/mol. The fourth-order valence-corrected chi connectivity index (χ4v) is 2.11. The second-order valence-corrected chi connectivity index (χ2v) is 5.10. The van der Waals surface area contributed by atoms with Crippen molar-refractivity contribution in [2.24, 2.45) is 0 Å². The Morgan fingerprint density at radius 2 is 2.09 bits per heavy atom. The fourth-order valence-electron chi connectivity index (χ4n) is 2.11. The molecule has 0 aliphatic carbocycles. The molecule has 1 heterocycles. The van der Waals surface area contributed by atoms with Crippen molar-refractivity contribution in [3.8, 4) is 0 Å². The van der Waals surface area contributed by atoms with Gasteiger partial charge in [0.1, 0.15) is 0 Å². The molecule has 122 valence electrons. The second kappa shape index (κ2) is 8.75. The van der Waals surface area contributed by atoms with E-state index in [-0.39, 0.29) is 6.42 Å². The number of unbranched alkanes of at least 4 members (excludes halogenated alkanes) is 1. The molecule has 0 saturated carbocycles. The summed E-state index contributed by atoms with van der Waals surface area (Å²) in [5.74, 6) is -0.779. The Morgan fingerprint density at radius 1 is 1.30 bits per heavy atom. The Labute approximate surface area is 135 Å². The van der Waals surface area contributed by atoms with Crippen molar-refractivity contribution in [2.45, 2.75) is 26.2 Å². The molecule has 23 heavy (non-hydrogen) atoms. The number of hydrogen-bond donors (Lipinski definition) is 2. The lowest BCUT2D eigenvalue weighted by molar-refractivity contribution is -0.137. The van der Waals surface area contributed by atoms with Crippen LogP contribution in [0, 0.1) is 0 Å². The monoisotopic (exact) mass is 315 g/mol. The van der Waals surface area contributed by atoms with Gasteiger partial charge in [0.05, 0.1) is 18.6 Å². The Balaban J connectivity index is 2.01. The van der Waals surface area contributed by atoms with Crippen LogP contribution in [0.15, 0.2) is 49.1 Å². The normalized spacial score (nSPS) is 11.9. The summed E-state index contributed by atoms with van der Waals surface area (Å²) in [6.45, 7) is 2.42. The minimum atomic E-state index is -0.779. The lowest BCUT2D eigenvalue weighted by Gasteiger charge is -2.15. The molecule has 0 radical (unpaired) electrons. The number of nitrogens with zero attached hydrogens (tertiary/aromatic N) is 2. The second-order valence-electron chi connectivity index (χ2n) is 5.10. The first-order valence-electron chi connectivity index (χ1n) is 7.52. The van der Waals surface area contributed by atoms with Crippen LogP contribution in [0.25, 0.3) is 11.4 Å². The number of rotatable bonds is 9. The van der Waals surface area contributed by atoms with Crippen LogP contribution in [0.3, 0.4) is 0 Å². The summed E-state index contributed by atoms with van der Waals surface area (Å²) in [7, 11) is 0. The maximum Gasteiger partial charge on any atom is 0.303 e. The molecule has 0 aliphatic rings. The number of aliphatic carboxylic acids is 1. The van der Waals surface area contributed by atoms with Crippen molar-refractivity contribution < 1.29 is 14.7 Å². The third-order valence-corrected chi connectivity index (χ3v) is 3.38. The number of carboxylic acid groups (broad SMARTS) is 1. The molecule has 1 aromatic carbocycles. The van der Waals surface area contributed by atoms with Crippen LogP contribution in [-0.4, -0.2) is 27.2 Å². The standard InChI is InChI=1S/C17H21N3O3/c1-14(20-11-10-18-13-20)17(15-7-3-2-4-8-15)19-23-12-6-5-9-16(21)22/h2-4,7-8,10-11,13,19H,5-6,9,12H2,1H3,(H,21,22). The van der Waals surface area contributed by atoms with Crippen LogP contribution in [0.2, 0.25) is 0 Å². The molecule has 1 aromatic heterocycles. The van der Waals surface area contributed by atoms with Crippen molar-refractivity contribution in [2.75, 3.05) is 6.61 Å². The smallest absolute Gasteiger partial charge is 0.303 e. The van der Waals surface area contributed by atoms with E-state index in [1.54, 1.807) is 12.5 Å². The van der Waals surface area contributed by atoms with Crippen molar-refractivity contribution in [1.82, 2.24) is 15.0 Å². The number of aromatic nitrogens is 2. The summed E-state index contributed by atoms with van der Waals surface area (Å²) in [6, 6.07) is 9.88. The largest absolute Gasteiger partial charge is 0.481 e. The summed E-state index contributed by atoms with van der Waals surface area (Å²) in [4.78, 5) is 20.1. The molecule has 0 fully saturated rings. The van der Waals surface area contributed by atoms with Gasteiger partial charge in [0, 0.05) is 30.1 Å². The van der Waals surface area contributed by atoms with Gasteiger partial charge in [-0.3, -0.25) is 15.1 Å². The Hall–Kier alpha value is -2.60. The van der Waals surface area contributed by atoms with Gasteiger partial charge in [0.2, 0.25) is 0 Å². The van der Waals surface area contributed by atoms with Gasteiger partial charge in [0.25, 0.3) is 0 Å². The molecule has 2 N–H and O–H groups in total. The maximum absolute atomic E-state index is 10.5. The molecule has 0 amide bonds. The highest BCUT2D eigenvalue weighted by Gasteiger charge is 2.07. The number of nitrogens with one attached hydrogen (secondary N) is 1. The topological polar surface area (TPSA) is 76.4 Å². The highest BCUT2D eigenvalue weighted by molar-refractivity contribution is 5.80. The van der Waals surface area contributed by atoms with Crippen LogP contribution < -0.4 is 5.48 Å². The molecule has 6 heteroatoms. The van der Waals surface area contributed by atoms with Crippen LogP contribution >= 0.6 is 0 Å². The minimum Gasteiger partial charge on any atom is -0.481 e. The van der Waals surface area contributed by atoms with E-state index < -0.39 is 5.97 Å². The van der Waals surface area contributed by atoms with E-state index in [2.05, 4.69) is 10.5 Å². The van der Waals surface area contributed by atoms with Crippen LogP contribution in [0.1, 0.15) is 31.7 Å². The molecular weight excluding hydrogens is 294 g/mol. The van der Waals surface area contributed by atoms with Gasteiger partial charge in [-0.05, 0) is 19.8 Å². The summed E-state index contributed by atoms with van der Waals surface area (Å²) in [5, 5.41) is 8.61. The number of benzene rings is 1. The average Bonchev–Trinajstić information content (AvgIpc) is 3.09. The predicted molar refractivity (Wildman–Crippen MR) is 88.0 cm³/mol. The van der Waals surface area contributed by atoms with E-state index in [9.17, 15) is 4.79 Å². The molecule has 2 rings (SSSR count). The van der Waals surface area contributed by atoms with Gasteiger partial charge in [-0.15, -0.1) is 0 Å². The first-order chi connectivity index (χ1) is 11.2. The third-order valence-electron chi connectivity index (χ3n) is 3.38. The van der Waals surface area contributed by atoms with Gasteiger partial charge in [-0.1, -0.05) is 30.3 Å². The molecule has 6 nitrogen and oxygen atoms in total. The number of carbonyl (C=O) groups is 1. The fraction of sp³-hybridized carbons (Fsp3) is 0.294. The summed E-state index contributed by atoms with van der Waals surface area (Å²) in [6.07, 6.45) is 6.77. The predicted octanol–water partition coefficient (Wildman–Crippen LogP) is 3.00. The van der Waals surface area contributed by atoms with Gasteiger partial charge in [-0.2, -0.15) is 0 Å². The van der Waals surface area contributed by atoms with Crippen molar-refractivity contribution in [3.05, 3.63) is 54.6 Å². The first kappa shape index (κ1) is 16.8. The van der Waals surface area contributed by atoms with Gasteiger partial charge < -0.3 is 9.67 Å². The molecular formula is C17H21N3O3. The van der Waals surface area contributed by atoms with E-state index in [4.69, 9.17) is 9.94 Å². The molecule has 0 atom stereocenters. The molecule has 0 saturated heterocycles. The first-order valence-corrected chi connectivity index (χ1v) is 7.52. The Morgan fingerprint density at radius 3 is 2.74 bits per heavy atom. The van der Waals surface area contributed by atoms with Gasteiger partial charge in [-0.25, -0.2) is 4.98 Å². The van der Waals surface area contributed by atoms with Crippen molar-refractivity contribution in [3.63, 3.8) is 0 Å². The summed E-state index contributed by atoms with van der Waals surface area (Å²) >= 11 is 0. The molecule has 0 spiro atoms. The van der Waals surface area contributed by atoms with E-state index in [0.29, 0.717) is 19.4 Å². The lowest BCUT2D eigenvalue weighted by atomic mass is 10.1.